The fourth-order valence-electron chi connectivity index (χ4n) is 1.63. The van der Waals surface area contributed by atoms with Gasteiger partial charge in [0.1, 0.15) is 23.9 Å². The predicted molar refractivity (Wildman–Crippen MR) is 81.5 cm³/mol. The third-order valence-corrected chi connectivity index (χ3v) is 2.69. The van der Waals surface area contributed by atoms with Gasteiger partial charge in [0.05, 0.1) is 0 Å². The summed E-state index contributed by atoms with van der Waals surface area (Å²) in [4.78, 5) is 26.8. The molecule has 0 fully saturated rings. The lowest BCUT2D eigenvalue weighted by atomic mass is 10.2. The highest BCUT2D eigenvalue weighted by atomic mass is 32.1. The Balaban J connectivity index is 2.01. The van der Waals surface area contributed by atoms with Crippen molar-refractivity contribution < 1.29 is 19.1 Å². The average molecular weight is 306 g/mol. The summed E-state index contributed by atoms with van der Waals surface area (Å²) >= 11 is 3.92. The van der Waals surface area contributed by atoms with E-state index in [-0.39, 0.29) is 12.5 Å². The fraction of sp³-hybridized carbons (Fsp3) is 0.214. The van der Waals surface area contributed by atoms with Crippen molar-refractivity contribution in [1.29, 1.82) is 0 Å². The number of carbonyl (C=O) groups is 2. The summed E-state index contributed by atoms with van der Waals surface area (Å²) in [7, 11) is 0. The van der Waals surface area contributed by atoms with Crippen molar-refractivity contribution in [2.45, 2.75) is 6.92 Å². The fourth-order valence-corrected chi connectivity index (χ4v) is 1.72. The molecular formula is C14H14N2O4S. The van der Waals surface area contributed by atoms with E-state index in [1.165, 1.54) is 0 Å². The monoisotopic (exact) mass is 306 g/mol. The summed E-state index contributed by atoms with van der Waals surface area (Å²) in [5, 5.41) is 2.59. The molecule has 1 aromatic rings. The second-order valence-corrected chi connectivity index (χ2v) is 4.62. The lowest BCUT2D eigenvalue weighted by Gasteiger charge is -2.04. The second-order valence-electron chi connectivity index (χ2n) is 4.17. The molecule has 6 nitrogen and oxygen atoms in total. The minimum Gasteiger partial charge on any atom is -0.433 e. The first kappa shape index (κ1) is 15.1. The minimum absolute atomic E-state index is 0.193. The lowest BCUT2D eigenvalue weighted by Crippen LogP contribution is -2.21. The Labute approximate surface area is 127 Å². The summed E-state index contributed by atoms with van der Waals surface area (Å²) in [5.74, 6) is 1.13. The maximum Gasteiger partial charge on any atom is 0.513 e. The van der Waals surface area contributed by atoms with Gasteiger partial charge in [-0.25, -0.2) is 9.79 Å². The number of benzene rings is 1. The zero-order valence-corrected chi connectivity index (χ0v) is 12.2. The summed E-state index contributed by atoms with van der Waals surface area (Å²) < 4.78 is 9.70. The number of hydrogen-bond donors (Lipinski definition) is 2. The predicted octanol–water partition coefficient (Wildman–Crippen LogP) is 2.02. The number of nitrogens with zero attached hydrogens (tertiary/aromatic N) is 1. The summed E-state index contributed by atoms with van der Waals surface area (Å²) in [5.41, 5.74) is 1.11. The molecule has 0 saturated heterocycles. The first-order valence-corrected chi connectivity index (χ1v) is 6.85. The van der Waals surface area contributed by atoms with E-state index in [4.69, 9.17) is 9.47 Å². The van der Waals surface area contributed by atoms with Gasteiger partial charge in [0.15, 0.2) is 0 Å². The second kappa shape index (κ2) is 6.94. The Kier molecular flexibility index (Phi) is 4.99. The van der Waals surface area contributed by atoms with E-state index >= 15 is 0 Å². The Morgan fingerprint density at radius 1 is 1.38 bits per heavy atom. The first-order valence-electron chi connectivity index (χ1n) is 6.22. The van der Waals surface area contributed by atoms with Crippen LogP contribution in [0.1, 0.15) is 12.5 Å². The van der Waals surface area contributed by atoms with Crippen molar-refractivity contribution in [1.82, 2.24) is 5.32 Å². The minimum atomic E-state index is -0.773. The molecular weight excluding hydrogens is 292 g/mol. The number of amides is 1. The molecule has 0 saturated carbocycles. The third-order valence-electron chi connectivity index (χ3n) is 2.51. The molecule has 1 N–H and O–H groups in total. The van der Waals surface area contributed by atoms with E-state index in [0.29, 0.717) is 23.0 Å². The number of nitrogens with one attached hydrogen (secondary N) is 1. The normalized spacial score (nSPS) is 15.6. The number of carbonyl (C=O) groups excluding carboxylic acids is 2. The van der Waals surface area contributed by atoms with Crippen molar-refractivity contribution in [3.05, 3.63) is 35.5 Å². The van der Waals surface area contributed by atoms with Crippen molar-refractivity contribution in [2.24, 2.45) is 4.99 Å². The molecule has 0 aliphatic carbocycles. The molecule has 110 valence electrons. The first-order chi connectivity index (χ1) is 10.1. The van der Waals surface area contributed by atoms with Crippen molar-refractivity contribution in [3.63, 3.8) is 0 Å². The van der Waals surface area contributed by atoms with Gasteiger partial charge in [0, 0.05) is 5.75 Å². The number of aliphatic imine (C=N–C) groups is 1. The Morgan fingerprint density at radius 3 is 2.67 bits per heavy atom. The van der Waals surface area contributed by atoms with Crippen LogP contribution in [-0.4, -0.2) is 30.3 Å². The van der Waals surface area contributed by atoms with E-state index < -0.39 is 6.16 Å². The van der Waals surface area contributed by atoms with E-state index in [9.17, 15) is 9.59 Å². The molecule has 0 unspecified atom stereocenters. The van der Waals surface area contributed by atoms with Crippen LogP contribution in [0.15, 0.2) is 35.0 Å². The molecule has 0 spiro atoms. The molecule has 1 aliphatic rings. The number of amidine groups is 1. The Bertz CT molecular complexity index is 608. The maximum atomic E-state index is 11.5. The van der Waals surface area contributed by atoms with Gasteiger partial charge in [0.2, 0.25) is 0 Å². The van der Waals surface area contributed by atoms with Crippen molar-refractivity contribution in [3.8, 4) is 5.75 Å². The van der Waals surface area contributed by atoms with E-state index in [1.54, 1.807) is 37.3 Å². The Morgan fingerprint density at radius 2 is 2.10 bits per heavy atom. The van der Waals surface area contributed by atoms with Gasteiger partial charge in [0.25, 0.3) is 5.91 Å². The Hall–Kier alpha value is -2.28. The van der Waals surface area contributed by atoms with E-state index in [2.05, 4.69) is 22.9 Å². The van der Waals surface area contributed by atoms with Crippen molar-refractivity contribution >= 4 is 36.6 Å². The van der Waals surface area contributed by atoms with Gasteiger partial charge in [-0.1, -0.05) is 12.1 Å². The zero-order chi connectivity index (χ0) is 15.2. The summed E-state index contributed by atoms with van der Waals surface area (Å²) in [6.07, 6.45) is 0.875. The average Bonchev–Trinajstić information content (AvgIpc) is 2.77. The summed E-state index contributed by atoms with van der Waals surface area (Å²) in [6, 6.07) is 6.64. The summed E-state index contributed by atoms with van der Waals surface area (Å²) in [6.45, 7) is 1.91. The van der Waals surface area contributed by atoms with Crippen LogP contribution in [0.4, 0.5) is 4.79 Å². The quantitative estimate of drug-likeness (QED) is 0.386. The maximum absolute atomic E-state index is 11.5. The highest BCUT2D eigenvalue weighted by molar-refractivity contribution is 7.80. The molecule has 7 heteroatoms. The SMILES string of the molecule is CC1=N/C(=C\c2ccc(OC(=O)OCCS)cc2)C(=O)N1. The lowest BCUT2D eigenvalue weighted by molar-refractivity contribution is -0.115. The van der Waals surface area contributed by atoms with E-state index in [1.807, 2.05) is 0 Å². The molecule has 1 heterocycles. The van der Waals surface area contributed by atoms with Crippen LogP contribution in [-0.2, 0) is 9.53 Å². The van der Waals surface area contributed by atoms with Crippen LogP contribution in [0.3, 0.4) is 0 Å². The molecule has 0 aromatic heterocycles. The highest BCUT2D eigenvalue weighted by Gasteiger charge is 2.16. The van der Waals surface area contributed by atoms with Gasteiger partial charge in [-0.15, -0.1) is 0 Å². The van der Waals surface area contributed by atoms with E-state index in [0.717, 1.165) is 5.56 Å². The van der Waals surface area contributed by atoms with Gasteiger partial charge < -0.3 is 14.8 Å². The van der Waals surface area contributed by atoms with Crippen molar-refractivity contribution in [2.75, 3.05) is 12.4 Å². The van der Waals surface area contributed by atoms with Gasteiger partial charge in [-0.3, -0.25) is 4.79 Å². The van der Waals surface area contributed by atoms with Crippen LogP contribution < -0.4 is 10.1 Å². The van der Waals surface area contributed by atoms with Gasteiger partial charge in [-0.2, -0.15) is 12.6 Å². The topological polar surface area (TPSA) is 77.0 Å². The van der Waals surface area contributed by atoms with Crippen LogP contribution in [0, 0.1) is 0 Å². The highest BCUT2D eigenvalue weighted by Crippen LogP contribution is 2.17. The number of thiol groups is 1. The standard InChI is InChI=1S/C14H14N2O4S/c1-9-15-12(13(17)16-9)8-10-2-4-11(5-3-10)20-14(18)19-6-7-21/h2-5,8,21H,6-7H2,1H3,(H,15,16,17)/b12-8-. The molecule has 0 atom stereocenters. The van der Waals surface area contributed by atoms with Gasteiger partial charge >= 0.3 is 6.16 Å². The van der Waals surface area contributed by atoms with Crippen LogP contribution in [0.5, 0.6) is 5.75 Å². The molecule has 21 heavy (non-hydrogen) atoms. The smallest absolute Gasteiger partial charge is 0.433 e. The molecule has 2 rings (SSSR count). The molecule has 1 aliphatic heterocycles. The molecule has 0 radical (unpaired) electrons. The van der Waals surface area contributed by atoms with Crippen LogP contribution >= 0.6 is 12.6 Å². The number of ether oxygens (including phenoxy) is 2. The number of rotatable bonds is 4. The molecule has 1 amide bonds. The largest absolute Gasteiger partial charge is 0.513 e. The molecule has 1 aromatic carbocycles. The third kappa shape index (κ3) is 4.35. The van der Waals surface area contributed by atoms with Gasteiger partial charge in [-0.05, 0) is 30.7 Å². The number of hydrogen-bond acceptors (Lipinski definition) is 6. The molecule has 0 bridgehead atoms. The van der Waals surface area contributed by atoms with Crippen LogP contribution in [0.2, 0.25) is 0 Å². The van der Waals surface area contributed by atoms with Crippen LogP contribution in [0.25, 0.3) is 6.08 Å². The zero-order valence-electron chi connectivity index (χ0n) is 11.3.